The Kier molecular flexibility index (Phi) is 2.52. The van der Waals surface area contributed by atoms with Gasteiger partial charge in [0.05, 0.1) is 0 Å². The topological polar surface area (TPSA) is 12.9 Å². The third kappa shape index (κ3) is 1.89. The first kappa shape index (κ1) is 10.3. The van der Waals surface area contributed by atoms with Gasteiger partial charge in [0.2, 0.25) is 0 Å². The summed E-state index contributed by atoms with van der Waals surface area (Å²) in [7, 11) is 0. The molecule has 0 saturated carbocycles. The Bertz CT molecular complexity index is 651. The lowest BCUT2D eigenvalue weighted by Crippen LogP contribution is -2.30. The Hall–Kier alpha value is -1.89. The fourth-order valence-corrected chi connectivity index (χ4v) is 2.41. The van der Waals surface area contributed by atoms with E-state index < -0.39 is 0 Å². The largest absolute Gasteiger partial charge is 0.264 e. The molecule has 0 spiro atoms. The molecule has 0 unspecified atom stereocenters. The molecule has 0 fully saturated rings. The summed E-state index contributed by atoms with van der Waals surface area (Å²) >= 11 is 0. The number of hydrogen-bond donors (Lipinski definition) is 0. The van der Waals surface area contributed by atoms with Crippen LogP contribution in [0.1, 0.15) is 24.0 Å². The number of aryl methyl sites for hydroxylation is 1. The van der Waals surface area contributed by atoms with Gasteiger partial charge in [0.1, 0.15) is 0 Å². The molecule has 0 N–H and O–H groups in total. The van der Waals surface area contributed by atoms with E-state index in [0.717, 1.165) is 12.8 Å². The summed E-state index contributed by atoms with van der Waals surface area (Å²) < 4.78 is 0. The predicted octanol–water partition coefficient (Wildman–Crippen LogP) is 2.16. The van der Waals surface area contributed by atoms with E-state index in [-0.39, 0.29) is 0 Å². The average Bonchev–Trinajstić information content (AvgIpc) is 2.39. The van der Waals surface area contributed by atoms with Gasteiger partial charge in [0.15, 0.2) is 0 Å². The van der Waals surface area contributed by atoms with E-state index >= 15 is 0 Å². The number of nitrogens with zero attached hydrogens (tertiary/aromatic N) is 1. The molecule has 1 nitrogen and oxygen atoms in total. The highest BCUT2D eigenvalue weighted by molar-refractivity contribution is 5.67. The lowest BCUT2D eigenvalue weighted by molar-refractivity contribution is 1.06. The summed E-state index contributed by atoms with van der Waals surface area (Å²) in [5.74, 6) is 0. The molecule has 0 saturated heterocycles. The smallest absolute Gasteiger partial charge is 0.0343 e. The van der Waals surface area contributed by atoms with Gasteiger partial charge in [-0.1, -0.05) is 35.9 Å². The summed E-state index contributed by atoms with van der Waals surface area (Å²) in [6, 6.07) is 10.9. The van der Waals surface area contributed by atoms with Crippen LogP contribution in [0.15, 0.2) is 42.7 Å². The third-order valence-electron chi connectivity index (χ3n) is 3.34. The zero-order valence-corrected chi connectivity index (χ0v) is 9.98. The minimum atomic E-state index is 1.11. The molecule has 1 aromatic carbocycles. The van der Waals surface area contributed by atoms with Crippen molar-refractivity contribution in [3.63, 3.8) is 0 Å². The maximum atomic E-state index is 4.20. The molecular weight excluding hydrogens is 206 g/mol. The van der Waals surface area contributed by atoms with Crippen molar-refractivity contribution >= 4 is 11.6 Å². The van der Waals surface area contributed by atoms with E-state index in [2.05, 4.69) is 48.3 Å². The summed E-state index contributed by atoms with van der Waals surface area (Å²) in [4.78, 5) is 4.20. The minimum absolute atomic E-state index is 1.11. The predicted molar refractivity (Wildman–Crippen MR) is 70.9 cm³/mol. The maximum Gasteiger partial charge on any atom is 0.0343 e. The van der Waals surface area contributed by atoms with E-state index in [4.69, 9.17) is 0 Å². The lowest BCUT2D eigenvalue weighted by atomic mass is 9.94. The Labute approximate surface area is 101 Å². The fourth-order valence-electron chi connectivity index (χ4n) is 2.41. The van der Waals surface area contributed by atoms with E-state index in [9.17, 15) is 0 Å². The minimum Gasteiger partial charge on any atom is -0.264 e. The van der Waals surface area contributed by atoms with Crippen molar-refractivity contribution in [3.8, 4) is 0 Å². The van der Waals surface area contributed by atoms with Crippen molar-refractivity contribution in [3.05, 3.63) is 64.3 Å². The van der Waals surface area contributed by atoms with Crippen molar-refractivity contribution in [2.45, 2.75) is 19.8 Å². The molecule has 0 atom stereocenters. The third-order valence-corrected chi connectivity index (χ3v) is 3.34. The molecule has 1 aromatic heterocycles. The van der Waals surface area contributed by atoms with Crippen molar-refractivity contribution in [2.24, 2.45) is 0 Å². The Morgan fingerprint density at radius 1 is 1.06 bits per heavy atom. The summed E-state index contributed by atoms with van der Waals surface area (Å²) in [6.45, 7) is 2.13. The van der Waals surface area contributed by atoms with Crippen LogP contribution in [0.25, 0.3) is 11.6 Å². The number of fused-ring (bicyclic) bond motifs is 1. The summed E-state index contributed by atoms with van der Waals surface area (Å²) in [5, 5.41) is 2.62. The molecule has 3 rings (SSSR count). The zero-order chi connectivity index (χ0) is 11.7. The van der Waals surface area contributed by atoms with Crippen molar-refractivity contribution in [2.75, 3.05) is 0 Å². The monoisotopic (exact) mass is 221 g/mol. The molecule has 1 heteroatoms. The first-order chi connectivity index (χ1) is 8.34. The normalized spacial score (nSPS) is 14.1. The first-order valence-corrected chi connectivity index (χ1v) is 6.05. The van der Waals surface area contributed by atoms with Gasteiger partial charge in [-0.25, -0.2) is 0 Å². The maximum absolute atomic E-state index is 4.20. The Balaban J connectivity index is 2.28. The van der Waals surface area contributed by atoms with E-state index in [1.165, 1.54) is 27.1 Å². The van der Waals surface area contributed by atoms with Crippen LogP contribution < -0.4 is 10.4 Å². The van der Waals surface area contributed by atoms with Crippen molar-refractivity contribution in [1.82, 2.24) is 4.98 Å². The number of rotatable bonds is 1. The Morgan fingerprint density at radius 2 is 1.88 bits per heavy atom. The molecule has 2 aromatic rings. The van der Waals surface area contributed by atoms with Crippen molar-refractivity contribution in [1.29, 1.82) is 0 Å². The molecule has 1 heterocycles. The molecule has 1 aliphatic carbocycles. The molecule has 0 aliphatic heterocycles. The van der Waals surface area contributed by atoms with Gasteiger partial charge in [-0.05, 0) is 47.4 Å². The number of pyridine rings is 1. The first-order valence-electron chi connectivity index (χ1n) is 6.05. The van der Waals surface area contributed by atoms with Gasteiger partial charge in [0.25, 0.3) is 0 Å². The second-order valence-corrected chi connectivity index (χ2v) is 4.55. The highest BCUT2D eigenvalue weighted by Gasteiger charge is 2.06. The van der Waals surface area contributed by atoms with Gasteiger partial charge in [-0.3, -0.25) is 4.98 Å². The van der Waals surface area contributed by atoms with E-state index in [1.54, 1.807) is 0 Å². The molecule has 1 aliphatic rings. The SMILES string of the molecule is Cc1ccc(C2=c3ccncc3=CCC2)cc1. The van der Waals surface area contributed by atoms with E-state index in [0.29, 0.717) is 0 Å². The molecule has 84 valence electrons. The van der Waals surface area contributed by atoms with Gasteiger partial charge < -0.3 is 0 Å². The fraction of sp³-hybridized carbons (Fsp3) is 0.188. The van der Waals surface area contributed by atoms with Gasteiger partial charge in [-0.15, -0.1) is 0 Å². The van der Waals surface area contributed by atoms with Crippen LogP contribution in [-0.4, -0.2) is 4.98 Å². The van der Waals surface area contributed by atoms with Crippen LogP contribution >= 0.6 is 0 Å². The van der Waals surface area contributed by atoms with Crippen LogP contribution in [0.2, 0.25) is 0 Å². The van der Waals surface area contributed by atoms with Crippen molar-refractivity contribution < 1.29 is 0 Å². The van der Waals surface area contributed by atoms with Gasteiger partial charge in [0, 0.05) is 12.4 Å². The average molecular weight is 221 g/mol. The second kappa shape index (κ2) is 4.17. The van der Waals surface area contributed by atoms with Crippen LogP contribution in [0, 0.1) is 6.92 Å². The van der Waals surface area contributed by atoms with Crippen LogP contribution in [0.4, 0.5) is 0 Å². The Morgan fingerprint density at radius 3 is 2.71 bits per heavy atom. The molecule has 0 bridgehead atoms. The van der Waals surface area contributed by atoms with E-state index in [1.807, 2.05) is 12.4 Å². The highest BCUT2D eigenvalue weighted by atomic mass is 14.6. The van der Waals surface area contributed by atoms with Crippen LogP contribution in [0.3, 0.4) is 0 Å². The summed E-state index contributed by atoms with van der Waals surface area (Å²) in [5.41, 5.74) is 4.10. The summed E-state index contributed by atoms with van der Waals surface area (Å²) in [6.07, 6.45) is 8.36. The standard InChI is InChI=1S/C16H15N/c1-12-5-7-13(8-6-12)15-4-2-3-14-11-17-10-9-16(14)15/h3,5-11H,2,4H2,1H3. The number of benzene rings is 1. The molecular formula is C16H15N. The molecule has 0 amide bonds. The van der Waals surface area contributed by atoms with Crippen LogP contribution in [-0.2, 0) is 0 Å². The number of hydrogen-bond acceptors (Lipinski definition) is 1. The zero-order valence-electron chi connectivity index (χ0n) is 9.98. The quantitative estimate of drug-likeness (QED) is 0.719. The lowest BCUT2D eigenvalue weighted by Gasteiger charge is -2.11. The van der Waals surface area contributed by atoms with Gasteiger partial charge in [-0.2, -0.15) is 0 Å². The van der Waals surface area contributed by atoms with Gasteiger partial charge >= 0.3 is 0 Å². The molecule has 0 radical (unpaired) electrons. The van der Waals surface area contributed by atoms with Crippen LogP contribution in [0.5, 0.6) is 0 Å². The number of aromatic nitrogens is 1. The highest BCUT2D eigenvalue weighted by Crippen LogP contribution is 2.18. The second-order valence-electron chi connectivity index (χ2n) is 4.55. The molecule has 17 heavy (non-hydrogen) atoms.